The van der Waals surface area contributed by atoms with Gasteiger partial charge in [0.2, 0.25) is 5.91 Å². The van der Waals surface area contributed by atoms with Gasteiger partial charge in [0.05, 0.1) is 16.6 Å². The van der Waals surface area contributed by atoms with Gasteiger partial charge in [-0.1, -0.05) is 30.7 Å². The number of hydrogen-bond acceptors (Lipinski definition) is 4. The molecule has 3 aromatic rings. The summed E-state index contributed by atoms with van der Waals surface area (Å²) in [5.41, 5.74) is -1.37. The van der Waals surface area contributed by atoms with E-state index in [4.69, 9.17) is 11.6 Å². The lowest BCUT2D eigenvalue weighted by Crippen LogP contribution is -2.50. The lowest BCUT2D eigenvalue weighted by Gasteiger charge is -2.34. The van der Waals surface area contributed by atoms with Gasteiger partial charge in [0.25, 0.3) is 5.56 Å². The highest BCUT2D eigenvalue weighted by Gasteiger charge is 2.23. The Kier molecular flexibility index (Phi) is 5.93. The lowest BCUT2D eigenvalue weighted by molar-refractivity contribution is -0.133. The van der Waals surface area contributed by atoms with Crippen LogP contribution in [0.1, 0.15) is 6.92 Å². The Bertz CT molecular complexity index is 1260. The molecular formula is C22H22ClFN4O3. The van der Waals surface area contributed by atoms with E-state index in [1.54, 1.807) is 11.0 Å². The van der Waals surface area contributed by atoms with Crippen molar-refractivity contribution in [1.82, 2.24) is 18.9 Å². The van der Waals surface area contributed by atoms with E-state index in [1.807, 2.05) is 0 Å². The van der Waals surface area contributed by atoms with E-state index < -0.39 is 17.1 Å². The van der Waals surface area contributed by atoms with E-state index in [-0.39, 0.29) is 29.0 Å². The van der Waals surface area contributed by atoms with Crippen LogP contribution in [0.3, 0.4) is 0 Å². The molecule has 2 heterocycles. The van der Waals surface area contributed by atoms with Crippen molar-refractivity contribution in [2.24, 2.45) is 0 Å². The molecule has 1 aliphatic rings. The predicted molar refractivity (Wildman–Crippen MR) is 117 cm³/mol. The Morgan fingerprint density at radius 2 is 1.77 bits per heavy atom. The second-order valence-corrected chi connectivity index (χ2v) is 7.87. The standard InChI is InChI=1S/C22H22ClFN4O3/c1-2-25-9-11-26(12-10-25)20(29)14-27-19-13-15(23)7-8-16(19)21(30)28(22(27)31)18-6-4-3-5-17(18)24/h3-8,13H,2,9-12,14H2,1H3. The van der Waals surface area contributed by atoms with Crippen LogP contribution in [-0.2, 0) is 11.3 Å². The molecule has 0 atom stereocenters. The molecule has 1 aliphatic heterocycles. The molecule has 2 aromatic carbocycles. The highest BCUT2D eigenvalue weighted by molar-refractivity contribution is 6.31. The van der Waals surface area contributed by atoms with Crippen molar-refractivity contribution in [2.75, 3.05) is 32.7 Å². The first-order valence-corrected chi connectivity index (χ1v) is 10.5. The lowest BCUT2D eigenvalue weighted by atomic mass is 10.2. The maximum Gasteiger partial charge on any atom is 0.336 e. The number of piperazine rings is 1. The molecule has 9 heteroatoms. The number of aromatic nitrogens is 2. The van der Waals surface area contributed by atoms with Gasteiger partial charge in [0.1, 0.15) is 12.4 Å². The molecule has 0 unspecified atom stereocenters. The number of likely N-dealkylation sites (N-methyl/N-ethyl adjacent to an activating group) is 1. The van der Waals surface area contributed by atoms with Crippen molar-refractivity contribution in [3.8, 4) is 5.69 Å². The summed E-state index contributed by atoms with van der Waals surface area (Å²) >= 11 is 6.11. The molecule has 0 N–H and O–H groups in total. The smallest absolute Gasteiger partial charge is 0.336 e. The largest absolute Gasteiger partial charge is 0.339 e. The molecular weight excluding hydrogens is 423 g/mol. The first-order valence-electron chi connectivity index (χ1n) is 10.1. The maximum atomic E-state index is 14.4. The average molecular weight is 445 g/mol. The summed E-state index contributed by atoms with van der Waals surface area (Å²) in [6, 6.07) is 10.0. The number of carbonyl (C=O) groups excluding carboxylic acids is 1. The van der Waals surface area contributed by atoms with E-state index in [1.165, 1.54) is 41.0 Å². The fourth-order valence-electron chi connectivity index (χ4n) is 3.89. The third kappa shape index (κ3) is 4.00. The Balaban J connectivity index is 1.83. The van der Waals surface area contributed by atoms with E-state index in [9.17, 15) is 18.8 Å². The summed E-state index contributed by atoms with van der Waals surface area (Å²) < 4.78 is 16.4. The van der Waals surface area contributed by atoms with Gasteiger partial charge in [-0.15, -0.1) is 0 Å². The van der Waals surface area contributed by atoms with E-state index in [0.29, 0.717) is 18.1 Å². The van der Waals surface area contributed by atoms with E-state index in [2.05, 4.69) is 11.8 Å². The fourth-order valence-corrected chi connectivity index (χ4v) is 4.05. The summed E-state index contributed by atoms with van der Waals surface area (Å²) in [6.07, 6.45) is 0. The monoisotopic (exact) mass is 444 g/mol. The zero-order chi connectivity index (χ0) is 22.1. The second kappa shape index (κ2) is 8.64. The van der Waals surface area contributed by atoms with Gasteiger partial charge in [-0.25, -0.2) is 13.8 Å². The Hall–Kier alpha value is -2.97. The van der Waals surface area contributed by atoms with Gasteiger partial charge in [-0.2, -0.15) is 0 Å². The zero-order valence-corrected chi connectivity index (χ0v) is 17.8. The molecule has 162 valence electrons. The first-order chi connectivity index (χ1) is 14.9. The maximum absolute atomic E-state index is 14.4. The number of rotatable bonds is 4. The minimum absolute atomic E-state index is 0.160. The number of nitrogens with zero attached hydrogens (tertiary/aromatic N) is 4. The van der Waals surface area contributed by atoms with Crippen molar-refractivity contribution in [1.29, 1.82) is 0 Å². The highest BCUT2D eigenvalue weighted by atomic mass is 35.5. The minimum Gasteiger partial charge on any atom is -0.339 e. The number of para-hydroxylation sites is 1. The van der Waals surface area contributed by atoms with E-state index >= 15 is 0 Å². The quantitative estimate of drug-likeness (QED) is 0.618. The molecule has 0 radical (unpaired) electrons. The van der Waals surface area contributed by atoms with Crippen molar-refractivity contribution >= 4 is 28.4 Å². The van der Waals surface area contributed by atoms with Crippen LogP contribution >= 0.6 is 11.6 Å². The molecule has 0 saturated carbocycles. The molecule has 1 amide bonds. The molecule has 0 aliphatic carbocycles. The van der Waals surface area contributed by atoms with Crippen molar-refractivity contribution < 1.29 is 9.18 Å². The van der Waals surface area contributed by atoms with Crippen LogP contribution in [0, 0.1) is 5.82 Å². The number of carbonyl (C=O) groups is 1. The minimum atomic E-state index is -0.787. The zero-order valence-electron chi connectivity index (χ0n) is 17.1. The van der Waals surface area contributed by atoms with Crippen LogP contribution in [0.2, 0.25) is 5.02 Å². The number of hydrogen-bond donors (Lipinski definition) is 0. The van der Waals surface area contributed by atoms with Crippen LogP contribution in [0.15, 0.2) is 52.1 Å². The van der Waals surface area contributed by atoms with Gasteiger partial charge in [-0.05, 0) is 36.9 Å². The Labute approximate surface area is 182 Å². The molecule has 1 aromatic heterocycles. The number of fused-ring (bicyclic) bond motifs is 1. The van der Waals surface area contributed by atoms with Crippen LogP contribution in [0.5, 0.6) is 0 Å². The Morgan fingerprint density at radius 1 is 1.06 bits per heavy atom. The van der Waals surface area contributed by atoms with E-state index in [0.717, 1.165) is 24.2 Å². The van der Waals surface area contributed by atoms with Crippen LogP contribution in [0.25, 0.3) is 16.6 Å². The molecule has 4 rings (SSSR count). The molecule has 0 spiro atoms. The molecule has 1 saturated heterocycles. The second-order valence-electron chi connectivity index (χ2n) is 7.44. The summed E-state index contributed by atoms with van der Waals surface area (Å²) in [6.45, 7) is 5.37. The Morgan fingerprint density at radius 3 is 2.45 bits per heavy atom. The van der Waals surface area contributed by atoms with Crippen LogP contribution in [-0.4, -0.2) is 57.6 Å². The van der Waals surface area contributed by atoms with Gasteiger partial charge in [0, 0.05) is 31.2 Å². The molecule has 31 heavy (non-hydrogen) atoms. The highest BCUT2D eigenvalue weighted by Crippen LogP contribution is 2.18. The van der Waals surface area contributed by atoms with Crippen LogP contribution < -0.4 is 11.2 Å². The summed E-state index contributed by atoms with van der Waals surface area (Å²) in [7, 11) is 0. The topological polar surface area (TPSA) is 67.5 Å². The summed E-state index contributed by atoms with van der Waals surface area (Å²) in [5, 5.41) is 0.503. The number of benzene rings is 2. The van der Waals surface area contributed by atoms with Gasteiger partial charge in [0.15, 0.2) is 0 Å². The average Bonchev–Trinajstić information content (AvgIpc) is 2.77. The third-order valence-corrected chi connectivity index (χ3v) is 5.90. The molecule has 1 fully saturated rings. The normalized spacial score (nSPS) is 14.9. The molecule has 7 nitrogen and oxygen atoms in total. The van der Waals surface area contributed by atoms with Gasteiger partial charge < -0.3 is 9.80 Å². The van der Waals surface area contributed by atoms with Crippen molar-refractivity contribution in [2.45, 2.75) is 13.5 Å². The van der Waals surface area contributed by atoms with Crippen molar-refractivity contribution in [3.05, 3.63) is 74.1 Å². The van der Waals surface area contributed by atoms with Crippen LogP contribution in [0.4, 0.5) is 4.39 Å². The first kappa shape index (κ1) is 21.3. The summed E-state index contributed by atoms with van der Waals surface area (Å²) in [4.78, 5) is 43.3. The summed E-state index contributed by atoms with van der Waals surface area (Å²) in [5.74, 6) is -0.943. The number of amides is 1. The third-order valence-electron chi connectivity index (χ3n) is 5.67. The SMILES string of the molecule is CCN1CCN(C(=O)Cn2c(=O)n(-c3ccccc3F)c(=O)c3ccc(Cl)cc32)CC1. The van der Waals surface area contributed by atoms with Gasteiger partial charge >= 0.3 is 5.69 Å². The predicted octanol–water partition coefficient (Wildman–Crippen LogP) is 2.11. The molecule has 0 bridgehead atoms. The number of halogens is 2. The fraction of sp³-hybridized carbons (Fsp3) is 0.318. The van der Waals surface area contributed by atoms with Gasteiger partial charge in [-0.3, -0.25) is 14.2 Å². The van der Waals surface area contributed by atoms with Crippen molar-refractivity contribution in [3.63, 3.8) is 0 Å².